The summed E-state index contributed by atoms with van der Waals surface area (Å²) in [4.78, 5) is 29.9. The number of aliphatic imine (C=N–C) groups is 1. The Balaban J connectivity index is 1.85. The van der Waals surface area contributed by atoms with Gasteiger partial charge < -0.3 is 20.5 Å². The second-order valence-corrected chi connectivity index (χ2v) is 7.56. The van der Waals surface area contributed by atoms with Crippen molar-refractivity contribution in [2.75, 3.05) is 26.2 Å². The molecule has 0 aliphatic carbocycles. The van der Waals surface area contributed by atoms with Crippen molar-refractivity contribution in [1.82, 2.24) is 5.32 Å². The highest BCUT2D eigenvalue weighted by Gasteiger charge is 2.47. The molecule has 0 saturated carbocycles. The molecule has 2 aromatic carbocycles. The Bertz CT molecular complexity index is 1030. The summed E-state index contributed by atoms with van der Waals surface area (Å²) >= 11 is 0. The van der Waals surface area contributed by atoms with Gasteiger partial charge in [-0.2, -0.15) is 0 Å². The normalized spacial score (nSPS) is 17.7. The van der Waals surface area contributed by atoms with E-state index in [1.807, 2.05) is 38.1 Å². The molecule has 0 spiro atoms. The van der Waals surface area contributed by atoms with Gasteiger partial charge in [0, 0.05) is 5.69 Å². The van der Waals surface area contributed by atoms with E-state index in [0.717, 1.165) is 16.7 Å². The SMILES string of the molecule is COc1ccc(OC)c(CCC2(C(N)=O)NCN=C2C(=O)Nc2ccc(C)cc2C)c1. The largest absolute Gasteiger partial charge is 0.497 e. The van der Waals surface area contributed by atoms with Crippen molar-refractivity contribution < 1.29 is 19.1 Å². The zero-order chi connectivity index (χ0) is 22.6. The molecule has 2 aromatic rings. The Morgan fingerprint density at radius 3 is 2.58 bits per heavy atom. The summed E-state index contributed by atoms with van der Waals surface area (Å²) in [5.74, 6) is 0.233. The summed E-state index contributed by atoms with van der Waals surface area (Å²) in [5, 5.41) is 5.90. The predicted molar refractivity (Wildman–Crippen MR) is 120 cm³/mol. The molecule has 2 amide bonds. The molecule has 31 heavy (non-hydrogen) atoms. The van der Waals surface area contributed by atoms with Gasteiger partial charge in [-0.05, 0) is 62.1 Å². The number of amides is 2. The fourth-order valence-electron chi connectivity index (χ4n) is 3.81. The Kier molecular flexibility index (Phi) is 6.60. The summed E-state index contributed by atoms with van der Waals surface area (Å²) in [6, 6.07) is 11.2. The van der Waals surface area contributed by atoms with Crippen LogP contribution in [0.15, 0.2) is 41.4 Å². The molecule has 8 heteroatoms. The number of benzene rings is 2. The molecule has 0 saturated heterocycles. The van der Waals surface area contributed by atoms with Crippen molar-refractivity contribution >= 4 is 23.2 Å². The maximum absolute atomic E-state index is 13.1. The quantitative estimate of drug-likeness (QED) is 0.600. The number of anilines is 1. The van der Waals surface area contributed by atoms with Crippen molar-refractivity contribution in [1.29, 1.82) is 0 Å². The van der Waals surface area contributed by atoms with Gasteiger partial charge in [0.05, 0.1) is 20.9 Å². The number of carbonyl (C=O) groups is 2. The Morgan fingerprint density at radius 2 is 1.94 bits per heavy atom. The first kappa shape index (κ1) is 22.3. The lowest BCUT2D eigenvalue weighted by molar-refractivity contribution is -0.122. The van der Waals surface area contributed by atoms with Crippen LogP contribution >= 0.6 is 0 Å². The summed E-state index contributed by atoms with van der Waals surface area (Å²) in [7, 11) is 3.16. The Morgan fingerprint density at radius 1 is 1.16 bits per heavy atom. The van der Waals surface area contributed by atoms with Gasteiger partial charge >= 0.3 is 0 Å². The van der Waals surface area contributed by atoms with Crippen LogP contribution < -0.4 is 25.8 Å². The molecule has 1 aliphatic heterocycles. The van der Waals surface area contributed by atoms with Gasteiger partial charge in [-0.1, -0.05) is 17.7 Å². The highest BCUT2D eigenvalue weighted by Crippen LogP contribution is 2.29. The number of hydrogen-bond donors (Lipinski definition) is 3. The molecular weight excluding hydrogens is 396 g/mol. The van der Waals surface area contributed by atoms with Gasteiger partial charge in [-0.15, -0.1) is 0 Å². The van der Waals surface area contributed by atoms with E-state index in [9.17, 15) is 9.59 Å². The molecular formula is C23H28N4O4. The van der Waals surface area contributed by atoms with E-state index in [1.165, 1.54) is 0 Å². The number of methoxy groups -OCH3 is 2. The number of hydrogen-bond acceptors (Lipinski definition) is 6. The Labute approximate surface area is 181 Å². The van der Waals surface area contributed by atoms with Crippen LogP contribution in [0.2, 0.25) is 0 Å². The second kappa shape index (κ2) is 9.18. The van der Waals surface area contributed by atoms with Gasteiger partial charge in [0.2, 0.25) is 5.91 Å². The van der Waals surface area contributed by atoms with E-state index in [2.05, 4.69) is 15.6 Å². The lowest BCUT2D eigenvalue weighted by Crippen LogP contribution is -2.60. The Hall–Kier alpha value is -3.39. The van der Waals surface area contributed by atoms with Crippen LogP contribution in [0.25, 0.3) is 0 Å². The second-order valence-electron chi connectivity index (χ2n) is 7.56. The molecule has 1 unspecified atom stereocenters. The minimum atomic E-state index is -1.38. The molecule has 3 rings (SSSR count). The third-order valence-corrected chi connectivity index (χ3v) is 5.54. The van der Waals surface area contributed by atoms with Crippen molar-refractivity contribution in [3.05, 3.63) is 53.1 Å². The topological polar surface area (TPSA) is 115 Å². The van der Waals surface area contributed by atoms with Crippen LogP contribution in [0.3, 0.4) is 0 Å². The molecule has 1 heterocycles. The van der Waals surface area contributed by atoms with Gasteiger partial charge in [0.1, 0.15) is 22.7 Å². The molecule has 8 nitrogen and oxygen atoms in total. The average molecular weight is 425 g/mol. The molecule has 0 bridgehead atoms. The zero-order valence-electron chi connectivity index (χ0n) is 18.2. The minimum Gasteiger partial charge on any atom is -0.497 e. The molecule has 0 fully saturated rings. The summed E-state index contributed by atoms with van der Waals surface area (Å²) in [6.45, 7) is 4.02. The van der Waals surface area contributed by atoms with Crippen molar-refractivity contribution in [2.24, 2.45) is 10.7 Å². The average Bonchev–Trinajstić information content (AvgIpc) is 3.19. The van der Waals surface area contributed by atoms with Crippen LogP contribution in [0.4, 0.5) is 5.69 Å². The zero-order valence-corrected chi connectivity index (χ0v) is 18.2. The number of nitrogens with one attached hydrogen (secondary N) is 2. The smallest absolute Gasteiger partial charge is 0.272 e. The maximum atomic E-state index is 13.1. The number of primary amides is 1. The third kappa shape index (κ3) is 4.54. The van der Waals surface area contributed by atoms with Crippen LogP contribution in [-0.2, 0) is 16.0 Å². The molecule has 1 atom stereocenters. The van der Waals surface area contributed by atoms with E-state index >= 15 is 0 Å². The standard InChI is InChI=1S/C23H28N4O4/c1-14-5-7-18(15(2)11-14)27-21(28)20-23(22(24)29,26-13-25-20)10-9-16-12-17(30-3)6-8-19(16)31-4/h5-8,11-12,26H,9-10,13H2,1-4H3,(H2,24,29)(H,27,28). The lowest BCUT2D eigenvalue weighted by atomic mass is 9.85. The number of nitrogens with two attached hydrogens (primary N) is 1. The lowest BCUT2D eigenvalue weighted by Gasteiger charge is -2.27. The first-order valence-electron chi connectivity index (χ1n) is 10.00. The molecule has 0 radical (unpaired) electrons. The van der Waals surface area contributed by atoms with Crippen LogP contribution in [-0.4, -0.2) is 44.0 Å². The first-order valence-corrected chi connectivity index (χ1v) is 10.00. The van der Waals surface area contributed by atoms with E-state index in [4.69, 9.17) is 15.2 Å². The van der Waals surface area contributed by atoms with E-state index < -0.39 is 17.4 Å². The van der Waals surface area contributed by atoms with Gasteiger partial charge in [0.15, 0.2) is 0 Å². The summed E-state index contributed by atoms with van der Waals surface area (Å²) < 4.78 is 10.7. The fourth-order valence-corrected chi connectivity index (χ4v) is 3.81. The molecule has 164 valence electrons. The number of aryl methyl sites for hydroxylation is 3. The first-order chi connectivity index (χ1) is 14.8. The highest BCUT2D eigenvalue weighted by atomic mass is 16.5. The van der Waals surface area contributed by atoms with Gasteiger partial charge in [0.25, 0.3) is 5.91 Å². The molecule has 0 aromatic heterocycles. The van der Waals surface area contributed by atoms with Crippen LogP contribution in [0, 0.1) is 13.8 Å². The maximum Gasteiger partial charge on any atom is 0.272 e. The number of ether oxygens (including phenoxy) is 2. The van der Waals surface area contributed by atoms with Gasteiger partial charge in [-0.25, -0.2) is 0 Å². The van der Waals surface area contributed by atoms with Gasteiger partial charge in [-0.3, -0.25) is 19.9 Å². The highest BCUT2D eigenvalue weighted by molar-refractivity contribution is 6.50. The number of rotatable bonds is 8. The van der Waals surface area contributed by atoms with Crippen molar-refractivity contribution in [3.63, 3.8) is 0 Å². The van der Waals surface area contributed by atoms with Crippen LogP contribution in [0.5, 0.6) is 11.5 Å². The van der Waals surface area contributed by atoms with E-state index in [1.54, 1.807) is 26.4 Å². The summed E-state index contributed by atoms with van der Waals surface area (Å²) in [6.07, 6.45) is 0.664. The van der Waals surface area contributed by atoms with Crippen molar-refractivity contribution in [2.45, 2.75) is 32.2 Å². The van der Waals surface area contributed by atoms with E-state index in [0.29, 0.717) is 23.6 Å². The monoisotopic (exact) mass is 424 g/mol. The van der Waals surface area contributed by atoms with Crippen LogP contribution in [0.1, 0.15) is 23.1 Å². The van der Waals surface area contributed by atoms with Crippen molar-refractivity contribution in [3.8, 4) is 11.5 Å². The fraction of sp³-hybridized carbons (Fsp3) is 0.348. The summed E-state index contributed by atoms with van der Waals surface area (Å²) in [5.41, 5.74) is 8.00. The third-order valence-electron chi connectivity index (χ3n) is 5.54. The molecule has 4 N–H and O–H groups in total. The molecule has 1 aliphatic rings. The number of nitrogens with zero attached hydrogens (tertiary/aromatic N) is 1. The minimum absolute atomic E-state index is 0.0850. The number of carbonyl (C=O) groups excluding carboxylic acids is 2. The van der Waals surface area contributed by atoms with E-state index in [-0.39, 0.29) is 18.8 Å². The predicted octanol–water partition coefficient (Wildman–Crippen LogP) is 2.12.